The molecule has 0 fully saturated rings. The minimum atomic E-state index is 0.00280. The molecule has 1 amide bonds. The molecular formula is C25H34N4O3. The monoisotopic (exact) mass is 438 g/mol. The molecule has 0 unspecified atom stereocenters. The molecule has 0 heterocycles. The first-order valence-corrected chi connectivity index (χ1v) is 10.5. The van der Waals surface area contributed by atoms with Gasteiger partial charge in [0, 0.05) is 45.4 Å². The van der Waals surface area contributed by atoms with Crippen molar-refractivity contribution < 1.29 is 14.3 Å². The van der Waals surface area contributed by atoms with Gasteiger partial charge in [0.25, 0.3) is 5.91 Å². The van der Waals surface area contributed by atoms with Crippen LogP contribution >= 0.6 is 0 Å². The highest BCUT2D eigenvalue weighted by atomic mass is 16.5. The van der Waals surface area contributed by atoms with Crippen LogP contribution in [-0.4, -0.2) is 58.7 Å². The molecule has 0 aromatic heterocycles. The Morgan fingerprint density at radius 3 is 2.53 bits per heavy atom. The summed E-state index contributed by atoms with van der Waals surface area (Å²) in [5.74, 6) is 2.13. The summed E-state index contributed by atoms with van der Waals surface area (Å²) in [6.45, 7) is 5.09. The third-order valence-corrected chi connectivity index (χ3v) is 4.95. The van der Waals surface area contributed by atoms with Gasteiger partial charge in [-0.05, 0) is 48.2 Å². The highest BCUT2D eigenvalue weighted by Gasteiger charge is 2.12. The van der Waals surface area contributed by atoms with Crippen LogP contribution in [0, 0.1) is 0 Å². The molecule has 7 nitrogen and oxygen atoms in total. The maximum absolute atomic E-state index is 12.2. The van der Waals surface area contributed by atoms with Crippen LogP contribution < -0.4 is 20.1 Å². The van der Waals surface area contributed by atoms with E-state index in [1.54, 1.807) is 40.3 Å². The lowest BCUT2D eigenvalue weighted by atomic mass is 10.1. The number of benzene rings is 2. The van der Waals surface area contributed by atoms with Crippen molar-refractivity contribution in [1.82, 2.24) is 15.5 Å². The first-order valence-electron chi connectivity index (χ1n) is 10.5. The van der Waals surface area contributed by atoms with E-state index in [1.165, 1.54) is 0 Å². The number of aliphatic imine (C=N–C) groups is 1. The summed E-state index contributed by atoms with van der Waals surface area (Å²) in [6.07, 6.45) is 3.31. The van der Waals surface area contributed by atoms with Gasteiger partial charge < -0.3 is 25.0 Å². The summed E-state index contributed by atoms with van der Waals surface area (Å²) in [5.41, 5.74) is 3.86. The van der Waals surface area contributed by atoms with Gasteiger partial charge in [0.1, 0.15) is 0 Å². The van der Waals surface area contributed by atoms with Crippen LogP contribution in [0.3, 0.4) is 0 Å². The Hall–Kier alpha value is -3.48. The molecule has 2 aromatic carbocycles. The van der Waals surface area contributed by atoms with Crippen LogP contribution in [0.25, 0.3) is 0 Å². The van der Waals surface area contributed by atoms with Crippen molar-refractivity contribution in [3.8, 4) is 11.5 Å². The van der Waals surface area contributed by atoms with E-state index in [0.29, 0.717) is 36.8 Å². The van der Waals surface area contributed by atoms with E-state index in [9.17, 15) is 4.79 Å². The Balaban J connectivity index is 1.97. The van der Waals surface area contributed by atoms with Crippen LogP contribution in [0.1, 0.15) is 27.0 Å². The SMILES string of the molecule is C=CCc1cc(CNC(=NC)NCCc2cccc(C(=O)N(C)C)c2)cc(OC)c1OC. The number of nitrogens with zero attached hydrogens (tertiary/aromatic N) is 2. The van der Waals surface area contributed by atoms with Crippen LogP contribution in [0.5, 0.6) is 11.5 Å². The third-order valence-electron chi connectivity index (χ3n) is 4.95. The van der Waals surface area contributed by atoms with Crippen molar-refractivity contribution in [2.24, 2.45) is 4.99 Å². The van der Waals surface area contributed by atoms with Gasteiger partial charge in [-0.15, -0.1) is 6.58 Å². The fourth-order valence-corrected chi connectivity index (χ4v) is 3.37. The molecule has 2 aromatic rings. The molecule has 0 aliphatic carbocycles. The van der Waals surface area contributed by atoms with Crippen molar-refractivity contribution in [2.45, 2.75) is 19.4 Å². The number of amides is 1. The summed E-state index contributed by atoms with van der Waals surface area (Å²) in [6, 6.07) is 11.7. The summed E-state index contributed by atoms with van der Waals surface area (Å²) in [7, 11) is 8.52. The first-order chi connectivity index (χ1) is 15.4. The van der Waals surface area contributed by atoms with Crippen LogP contribution in [0.2, 0.25) is 0 Å². The first kappa shape index (κ1) is 24.8. The number of hydrogen-bond donors (Lipinski definition) is 2. The number of ether oxygens (including phenoxy) is 2. The standard InChI is InChI=1S/C25H34N4O3/c1-7-9-20-15-19(16-22(31-5)23(20)32-6)17-28-25(26-2)27-13-12-18-10-8-11-21(14-18)24(30)29(3)4/h7-8,10-11,14-16H,1,9,12-13,17H2,2-6H3,(H2,26,27,28). The number of hydrogen-bond acceptors (Lipinski definition) is 4. The van der Waals surface area contributed by atoms with Gasteiger partial charge in [-0.2, -0.15) is 0 Å². The van der Waals surface area contributed by atoms with Gasteiger partial charge in [0.05, 0.1) is 14.2 Å². The fourth-order valence-electron chi connectivity index (χ4n) is 3.37. The lowest BCUT2D eigenvalue weighted by Crippen LogP contribution is -2.37. The minimum Gasteiger partial charge on any atom is -0.493 e. The van der Waals surface area contributed by atoms with E-state index >= 15 is 0 Å². The molecule has 2 N–H and O–H groups in total. The largest absolute Gasteiger partial charge is 0.493 e. The van der Waals surface area contributed by atoms with Crippen LogP contribution in [0.4, 0.5) is 0 Å². The van der Waals surface area contributed by atoms with E-state index in [0.717, 1.165) is 28.9 Å². The molecule has 0 aliphatic rings. The molecule has 32 heavy (non-hydrogen) atoms. The Labute approximate surface area is 191 Å². The van der Waals surface area contributed by atoms with Crippen molar-refractivity contribution in [1.29, 1.82) is 0 Å². The van der Waals surface area contributed by atoms with Gasteiger partial charge in [0.2, 0.25) is 0 Å². The molecule has 0 atom stereocenters. The Kier molecular flexibility index (Phi) is 9.60. The van der Waals surface area contributed by atoms with Crippen LogP contribution in [0.15, 0.2) is 54.0 Å². The second kappa shape index (κ2) is 12.4. The molecule has 0 aliphatic heterocycles. The zero-order chi connectivity index (χ0) is 23.5. The van der Waals surface area contributed by atoms with Crippen molar-refractivity contribution in [3.05, 3.63) is 71.3 Å². The zero-order valence-corrected chi connectivity index (χ0v) is 19.7. The van der Waals surface area contributed by atoms with Gasteiger partial charge in [-0.25, -0.2) is 0 Å². The second-order valence-electron chi connectivity index (χ2n) is 7.49. The number of methoxy groups -OCH3 is 2. The van der Waals surface area contributed by atoms with Crippen molar-refractivity contribution >= 4 is 11.9 Å². The van der Waals surface area contributed by atoms with Gasteiger partial charge in [-0.1, -0.05) is 18.2 Å². The highest BCUT2D eigenvalue weighted by Crippen LogP contribution is 2.33. The van der Waals surface area contributed by atoms with E-state index < -0.39 is 0 Å². The van der Waals surface area contributed by atoms with Gasteiger partial charge >= 0.3 is 0 Å². The predicted molar refractivity (Wildman–Crippen MR) is 130 cm³/mol. The molecule has 0 saturated heterocycles. The molecule has 0 spiro atoms. The smallest absolute Gasteiger partial charge is 0.253 e. The Morgan fingerprint density at radius 2 is 1.91 bits per heavy atom. The second-order valence-corrected chi connectivity index (χ2v) is 7.49. The number of rotatable bonds is 10. The number of nitrogens with one attached hydrogen (secondary N) is 2. The summed E-state index contributed by atoms with van der Waals surface area (Å²) in [5, 5.41) is 6.65. The molecule has 0 radical (unpaired) electrons. The molecule has 2 rings (SSSR count). The average Bonchev–Trinajstić information content (AvgIpc) is 2.80. The van der Waals surface area contributed by atoms with Crippen LogP contribution in [-0.2, 0) is 19.4 Å². The van der Waals surface area contributed by atoms with Gasteiger partial charge in [0.15, 0.2) is 17.5 Å². The quantitative estimate of drug-likeness (QED) is 0.339. The van der Waals surface area contributed by atoms with E-state index in [4.69, 9.17) is 9.47 Å². The number of carbonyl (C=O) groups excluding carboxylic acids is 1. The highest BCUT2D eigenvalue weighted by molar-refractivity contribution is 5.94. The van der Waals surface area contributed by atoms with Crippen molar-refractivity contribution in [2.75, 3.05) is 41.9 Å². The maximum atomic E-state index is 12.2. The molecular weight excluding hydrogens is 404 g/mol. The Morgan fingerprint density at radius 1 is 1.12 bits per heavy atom. The third kappa shape index (κ3) is 6.77. The predicted octanol–water partition coefficient (Wildman–Crippen LogP) is 3.04. The minimum absolute atomic E-state index is 0.00280. The molecule has 172 valence electrons. The fraction of sp³-hybridized carbons (Fsp3) is 0.360. The number of guanidine groups is 1. The van der Waals surface area contributed by atoms with E-state index in [2.05, 4.69) is 28.3 Å². The maximum Gasteiger partial charge on any atom is 0.253 e. The van der Waals surface area contributed by atoms with Gasteiger partial charge in [-0.3, -0.25) is 9.79 Å². The lowest BCUT2D eigenvalue weighted by molar-refractivity contribution is 0.0827. The summed E-state index contributed by atoms with van der Waals surface area (Å²) in [4.78, 5) is 18.0. The topological polar surface area (TPSA) is 75.2 Å². The zero-order valence-electron chi connectivity index (χ0n) is 19.7. The van der Waals surface area contributed by atoms with E-state index in [-0.39, 0.29) is 5.91 Å². The summed E-state index contributed by atoms with van der Waals surface area (Å²) >= 11 is 0. The normalized spacial score (nSPS) is 11.0. The number of allylic oxidation sites excluding steroid dienone is 1. The summed E-state index contributed by atoms with van der Waals surface area (Å²) < 4.78 is 11.0. The molecule has 0 bridgehead atoms. The Bertz CT molecular complexity index is 954. The van der Waals surface area contributed by atoms with E-state index in [1.807, 2.05) is 36.4 Å². The lowest BCUT2D eigenvalue weighted by Gasteiger charge is -2.16. The molecule has 7 heteroatoms. The average molecular weight is 439 g/mol. The number of carbonyl (C=O) groups is 1. The molecule has 0 saturated carbocycles. The van der Waals surface area contributed by atoms with Crippen molar-refractivity contribution in [3.63, 3.8) is 0 Å².